The molecule has 0 radical (unpaired) electrons. The van der Waals surface area contributed by atoms with Crippen LogP contribution in [0.15, 0.2) is 18.2 Å². The topological polar surface area (TPSA) is 117 Å². The number of carbonyl (C=O) groups is 2. The molecule has 0 saturated heterocycles. The van der Waals surface area contributed by atoms with E-state index in [1.165, 1.54) is 25.1 Å². The van der Waals surface area contributed by atoms with Gasteiger partial charge in [0.15, 0.2) is 17.6 Å². The average Bonchev–Trinajstić information content (AvgIpc) is 3.14. The number of rotatable bonds is 6. The first kappa shape index (κ1) is 20.6. The van der Waals surface area contributed by atoms with Gasteiger partial charge in [-0.3, -0.25) is 14.9 Å². The minimum atomic E-state index is -0.965. The summed E-state index contributed by atoms with van der Waals surface area (Å²) in [5, 5.41) is 14.2. The number of nitrogens with one attached hydrogen (secondary N) is 1. The van der Waals surface area contributed by atoms with Gasteiger partial charge in [0.25, 0.3) is 11.6 Å². The van der Waals surface area contributed by atoms with Gasteiger partial charge >= 0.3 is 5.97 Å². The van der Waals surface area contributed by atoms with Crippen LogP contribution in [0.5, 0.6) is 11.5 Å². The Morgan fingerprint density at radius 1 is 1.28 bits per heavy atom. The maximum absolute atomic E-state index is 12.3. The summed E-state index contributed by atoms with van der Waals surface area (Å²) in [6, 6.07) is 2.75. The maximum Gasteiger partial charge on any atom is 0.331 e. The fraction of sp³-hybridized carbons (Fsp3) is 0.500. The standard InChI is InChI=1S/C20H24N2O7/c1-12-5-3-4-6-15(12)21-20(24)13(2)29-19(23)8-7-14-9-17-18(28-11-27-17)10-16(14)22(25)26/h7-10,12-13,15H,3-6,11H2,1-2H3,(H,21,24)/b8-7+/t12-,13+,15-/m0/s1. The zero-order valence-corrected chi connectivity index (χ0v) is 16.4. The third-order valence-electron chi connectivity index (χ3n) is 5.22. The number of fused-ring (bicyclic) bond motifs is 1. The second kappa shape index (κ2) is 8.93. The molecule has 1 fully saturated rings. The lowest BCUT2D eigenvalue weighted by molar-refractivity contribution is -0.385. The summed E-state index contributed by atoms with van der Waals surface area (Å²) in [6.07, 6.45) is 5.56. The highest BCUT2D eigenvalue weighted by atomic mass is 16.7. The molecular formula is C20H24N2O7. The Bertz CT molecular complexity index is 836. The molecule has 3 atom stereocenters. The Hall–Kier alpha value is -3.10. The first-order valence-electron chi connectivity index (χ1n) is 9.62. The van der Waals surface area contributed by atoms with E-state index in [-0.39, 0.29) is 35.7 Å². The average molecular weight is 404 g/mol. The van der Waals surface area contributed by atoms with Crippen molar-refractivity contribution >= 4 is 23.6 Å². The molecule has 1 amide bonds. The molecule has 9 heteroatoms. The molecule has 2 aliphatic rings. The summed E-state index contributed by atoms with van der Waals surface area (Å²) in [6.45, 7) is 3.58. The highest BCUT2D eigenvalue weighted by Gasteiger charge is 2.26. The number of nitro benzene ring substituents is 1. The van der Waals surface area contributed by atoms with Crippen LogP contribution in [0, 0.1) is 16.0 Å². The van der Waals surface area contributed by atoms with Gasteiger partial charge in [0.05, 0.1) is 16.6 Å². The molecule has 1 aromatic rings. The van der Waals surface area contributed by atoms with E-state index in [1.807, 2.05) is 0 Å². The van der Waals surface area contributed by atoms with Gasteiger partial charge in [-0.1, -0.05) is 19.8 Å². The van der Waals surface area contributed by atoms with Crippen molar-refractivity contribution in [2.24, 2.45) is 5.92 Å². The Balaban J connectivity index is 1.60. The molecule has 156 valence electrons. The molecule has 29 heavy (non-hydrogen) atoms. The lowest BCUT2D eigenvalue weighted by Gasteiger charge is -2.30. The van der Waals surface area contributed by atoms with Crippen molar-refractivity contribution in [1.29, 1.82) is 0 Å². The summed E-state index contributed by atoms with van der Waals surface area (Å²) >= 11 is 0. The summed E-state index contributed by atoms with van der Waals surface area (Å²) in [5.74, 6) is -0.0884. The second-order valence-corrected chi connectivity index (χ2v) is 7.31. The number of benzene rings is 1. The van der Waals surface area contributed by atoms with Crippen molar-refractivity contribution in [2.75, 3.05) is 6.79 Å². The number of ether oxygens (including phenoxy) is 3. The van der Waals surface area contributed by atoms with Crippen molar-refractivity contribution in [3.05, 3.63) is 33.9 Å². The molecule has 0 aromatic heterocycles. The summed E-state index contributed by atoms with van der Waals surface area (Å²) in [4.78, 5) is 35.1. The zero-order valence-electron chi connectivity index (χ0n) is 16.4. The molecule has 0 unspecified atom stereocenters. The van der Waals surface area contributed by atoms with Crippen molar-refractivity contribution in [3.8, 4) is 11.5 Å². The monoisotopic (exact) mass is 404 g/mol. The molecule has 0 bridgehead atoms. The predicted molar refractivity (Wildman–Crippen MR) is 103 cm³/mol. The molecule has 1 heterocycles. The molecule has 1 aliphatic carbocycles. The van der Waals surface area contributed by atoms with Gasteiger partial charge < -0.3 is 19.5 Å². The van der Waals surface area contributed by atoms with Crippen LogP contribution in [0.25, 0.3) is 6.08 Å². The number of amides is 1. The van der Waals surface area contributed by atoms with E-state index < -0.39 is 17.0 Å². The van der Waals surface area contributed by atoms with E-state index in [0.29, 0.717) is 11.7 Å². The third-order valence-corrected chi connectivity index (χ3v) is 5.22. The largest absolute Gasteiger partial charge is 0.454 e. The highest BCUT2D eigenvalue weighted by Crippen LogP contribution is 2.38. The van der Waals surface area contributed by atoms with Crippen molar-refractivity contribution in [3.63, 3.8) is 0 Å². The number of nitro groups is 1. The second-order valence-electron chi connectivity index (χ2n) is 7.31. The molecule has 1 aliphatic heterocycles. The Morgan fingerprint density at radius 2 is 1.97 bits per heavy atom. The number of nitrogens with zero attached hydrogens (tertiary/aromatic N) is 1. The molecule has 1 aromatic carbocycles. The van der Waals surface area contributed by atoms with Crippen LogP contribution in [0.1, 0.15) is 45.1 Å². The summed E-state index contributed by atoms with van der Waals surface area (Å²) in [5.41, 5.74) is -0.0558. The van der Waals surface area contributed by atoms with Crippen LogP contribution < -0.4 is 14.8 Å². The Morgan fingerprint density at radius 3 is 2.66 bits per heavy atom. The number of hydrogen-bond donors (Lipinski definition) is 1. The fourth-order valence-electron chi connectivity index (χ4n) is 3.49. The molecular weight excluding hydrogens is 380 g/mol. The maximum atomic E-state index is 12.3. The van der Waals surface area contributed by atoms with Crippen LogP contribution in [0.2, 0.25) is 0 Å². The number of hydrogen-bond acceptors (Lipinski definition) is 7. The van der Waals surface area contributed by atoms with Gasteiger partial charge in [0, 0.05) is 12.1 Å². The fourth-order valence-corrected chi connectivity index (χ4v) is 3.49. The van der Waals surface area contributed by atoms with E-state index in [9.17, 15) is 19.7 Å². The van der Waals surface area contributed by atoms with Gasteiger partial charge in [-0.25, -0.2) is 4.79 Å². The van der Waals surface area contributed by atoms with E-state index in [0.717, 1.165) is 31.8 Å². The number of esters is 1. The first-order chi connectivity index (χ1) is 13.8. The van der Waals surface area contributed by atoms with Gasteiger partial charge in [0.1, 0.15) is 0 Å². The van der Waals surface area contributed by atoms with E-state index >= 15 is 0 Å². The normalized spacial score (nSPS) is 21.6. The minimum Gasteiger partial charge on any atom is -0.454 e. The summed E-state index contributed by atoms with van der Waals surface area (Å²) < 4.78 is 15.5. The molecule has 0 spiro atoms. The van der Waals surface area contributed by atoms with Gasteiger partial charge in [-0.2, -0.15) is 0 Å². The van der Waals surface area contributed by atoms with Crippen LogP contribution in [0.3, 0.4) is 0 Å². The molecule has 3 rings (SSSR count). The van der Waals surface area contributed by atoms with Crippen LogP contribution in [-0.4, -0.2) is 35.7 Å². The van der Waals surface area contributed by atoms with E-state index in [2.05, 4.69) is 12.2 Å². The zero-order chi connectivity index (χ0) is 21.0. The van der Waals surface area contributed by atoms with Crippen molar-refractivity contribution in [1.82, 2.24) is 5.32 Å². The van der Waals surface area contributed by atoms with Gasteiger partial charge in [0.2, 0.25) is 6.79 Å². The van der Waals surface area contributed by atoms with Crippen molar-refractivity contribution < 1.29 is 28.7 Å². The third kappa shape index (κ3) is 5.04. The molecule has 1 saturated carbocycles. The first-order valence-corrected chi connectivity index (χ1v) is 9.62. The van der Waals surface area contributed by atoms with Crippen molar-refractivity contribution in [2.45, 2.75) is 51.7 Å². The lowest BCUT2D eigenvalue weighted by atomic mass is 9.86. The lowest BCUT2D eigenvalue weighted by Crippen LogP contribution is -2.45. The van der Waals surface area contributed by atoms with Crippen LogP contribution in [-0.2, 0) is 14.3 Å². The quantitative estimate of drug-likeness (QED) is 0.335. The highest BCUT2D eigenvalue weighted by molar-refractivity contribution is 5.91. The van der Waals surface area contributed by atoms with Gasteiger partial charge in [-0.15, -0.1) is 0 Å². The van der Waals surface area contributed by atoms with Crippen LogP contribution >= 0.6 is 0 Å². The van der Waals surface area contributed by atoms with E-state index in [1.54, 1.807) is 0 Å². The molecule has 1 N–H and O–H groups in total. The number of carbonyl (C=O) groups excluding carboxylic acids is 2. The Kier molecular flexibility index (Phi) is 6.36. The summed E-state index contributed by atoms with van der Waals surface area (Å²) in [7, 11) is 0. The Labute approximate surface area is 168 Å². The van der Waals surface area contributed by atoms with E-state index in [4.69, 9.17) is 14.2 Å². The van der Waals surface area contributed by atoms with Gasteiger partial charge in [-0.05, 0) is 37.8 Å². The molecule has 9 nitrogen and oxygen atoms in total. The smallest absolute Gasteiger partial charge is 0.331 e. The SMILES string of the molecule is C[C@@H](OC(=O)/C=C/c1cc2c(cc1[N+](=O)[O-])OCO2)C(=O)N[C@H]1CCCC[C@@H]1C. The minimum absolute atomic E-state index is 0.0199. The predicted octanol–water partition coefficient (Wildman–Crippen LogP) is 2.96. The van der Waals surface area contributed by atoms with Crippen LogP contribution in [0.4, 0.5) is 5.69 Å².